The van der Waals surface area contributed by atoms with Crippen LogP contribution < -0.4 is 0 Å². The fourth-order valence-corrected chi connectivity index (χ4v) is 4.22. The first-order valence-corrected chi connectivity index (χ1v) is 8.65. The molecule has 0 amide bonds. The molecule has 0 radical (unpaired) electrons. The second-order valence-electron chi connectivity index (χ2n) is 5.79. The summed E-state index contributed by atoms with van der Waals surface area (Å²) in [5, 5.41) is 9.14. The van der Waals surface area contributed by atoms with Crippen LogP contribution in [-0.2, 0) is 10.0 Å². The summed E-state index contributed by atoms with van der Waals surface area (Å²) in [4.78, 5) is -0.00242. The summed E-state index contributed by atoms with van der Waals surface area (Å²) in [6.45, 7) is 1.76. The van der Waals surface area contributed by atoms with E-state index in [0.29, 0.717) is 5.56 Å². The van der Waals surface area contributed by atoms with Crippen LogP contribution >= 0.6 is 0 Å². The Kier molecular flexibility index (Phi) is 5.01. The third-order valence-corrected chi connectivity index (χ3v) is 6.32. The van der Waals surface area contributed by atoms with Crippen molar-refractivity contribution >= 4 is 10.0 Å². The molecule has 0 bridgehead atoms. The van der Waals surface area contributed by atoms with E-state index in [1.54, 1.807) is 14.0 Å². The molecule has 0 atom stereocenters. The molecule has 4 nitrogen and oxygen atoms in total. The highest BCUT2D eigenvalue weighted by Crippen LogP contribution is 2.30. The predicted octanol–water partition coefficient (Wildman–Crippen LogP) is 2.31. The molecular weight excluding hydrogens is 293 g/mol. The number of aliphatic hydroxyl groups is 1. The van der Waals surface area contributed by atoms with E-state index in [0.717, 1.165) is 31.7 Å². The SMILES string of the molecule is Cc1ccc(S(=O)(=O)N(C)C2CCC(CO)CC2)cc1F. The van der Waals surface area contributed by atoms with Crippen molar-refractivity contribution in [3.8, 4) is 0 Å². The van der Waals surface area contributed by atoms with E-state index >= 15 is 0 Å². The molecule has 2 rings (SSSR count). The molecule has 0 heterocycles. The van der Waals surface area contributed by atoms with Gasteiger partial charge < -0.3 is 5.11 Å². The summed E-state index contributed by atoms with van der Waals surface area (Å²) in [6.07, 6.45) is 3.11. The van der Waals surface area contributed by atoms with E-state index in [1.807, 2.05) is 0 Å². The lowest BCUT2D eigenvalue weighted by atomic mass is 9.87. The minimum absolute atomic E-state index is 0.00242. The van der Waals surface area contributed by atoms with Gasteiger partial charge in [-0.05, 0) is 56.2 Å². The number of rotatable bonds is 4. The molecular formula is C15H22FNO3S. The first-order valence-electron chi connectivity index (χ1n) is 7.21. The Morgan fingerprint density at radius 2 is 1.90 bits per heavy atom. The second kappa shape index (κ2) is 6.42. The number of halogens is 1. The number of hydrogen-bond donors (Lipinski definition) is 1. The van der Waals surface area contributed by atoms with Crippen LogP contribution in [0.4, 0.5) is 4.39 Å². The van der Waals surface area contributed by atoms with Crippen molar-refractivity contribution in [3.05, 3.63) is 29.6 Å². The van der Waals surface area contributed by atoms with Gasteiger partial charge in [0.1, 0.15) is 5.82 Å². The molecule has 0 unspecified atom stereocenters. The molecule has 0 saturated heterocycles. The van der Waals surface area contributed by atoms with Gasteiger partial charge in [-0.25, -0.2) is 12.8 Å². The summed E-state index contributed by atoms with van der Waals surface area (Å²) in [7, 11) is -2.12. The van der Waals surface area contributed by atoms with Gasteiger partial charge in [0.15, 0.2) is 0 Å². The third-order valence-electron chi connectivity index (χ3n) is 4.41. The molecule has 0 aromatic heterocycles. The first-order chi connectivity index (χ1) is 9.86. The summed E-state index contributed by atoms with van der Waals surface area (Å²) in [6, 6.07) is 3.94. The van der Waals surface area contributed by atoms with E-state index < -0.39 is 15.8 Å². The Labute approximate surface area is 125 Å². The maximum Gasteiger partial charge on any atom is 0.243 e. The van der Waals surface area contributed by atoms with Gasteiger partial charge in [0, 0.05) is 19.7 Å². The Morgan fingerprint density at radius 3 is 2.43 bits per heavy atom. The third kappa shape index (κ3) is 3.44. The van der Waals surface area contributed by atoms with Crippen LogP contribution in [0.1, 0.15) is 31.2 Å². The quantitative estimate of drug-likeness (QED) is 0.927. The number of sulfonamides is 1. The van der Waals surface area contributed by atoms with Crippen LogP contribution in [0, 0.1) is 18.7 Å². The highest BCUT2D eigenvalue weighted by molar-refractivity contribution is 7.89. The summed E-state index contributed by atoms with van der Waals surface area (Å²) >= 11 is 0. The maximum absolute atomic E-state index is 13.6. The number of nitrogens with zero attached hydrogens (tertiary/aromatic N) is 1. The Balaban J connectivity index is 2.17. The average molecular weight is 315 g/mol. The molecule has 1 aromatic carbocycles. The fourth-order valence-electron chi connectivity index (χ4n) is 2.79. The molecule has 1 aliphatic rings. The normalized spacial score (nSPS) is 23.5. The minimum atomic E-state index is -3.67. The summed E-state index contributed by atoms with van der Waals surface area (Å²) in [5.74, 6) is -0.234. The monoisotopic (exact) mass is 315 g/mol. The van der Waals surface area contributed by atoms with E-state index in [2.05, 4.69) is 0 Å². The number of hydrogen-bond acceptors (Lipinski definition) is 3. The Hall–Kier alpha value is -0.980. The first kappa shape index (κ1) is 16.4. The predicted molar refractivity (Wildman–Crippen MR) is 78.9 cm³/mol. The van der Waals surface area contributed by atoms with Gasteiger partial charge in [-0.15, -0.1) is 0 Å². The topological polar surface area (TPSA) is 57.6 Å². The van der Waals surface area contributed by atoms with Crippen LogP contribution in [0.3, 0.4) is 0 Å². The summed E-state index contributed by atoms with van der Waals surface area (Å²) < 4.78 is 40.1. The van der Waals surface area contributed by atoms with Crippen molar-refractivity contribution < 1.29 is 17.9 Å². The number of aliphatic hydroxyl groups excluding tert-OH is 1. The molecule has 1 saturated carbocycles. The van der Waals surface area contributed by atoms with E-state index in [-0.39, 0.29) is 23.5 Å². The van der Waals surface area contributed by atoms with Crippen molar-refractivity contribution in [2.24, 2.45) is 5.92 Å². The molecule has 6 heteroatoms. The standard InChI is InChI=1S/C15H22FNO3S/c1-11-3-8-14(9-15(11)16)21(19,20)17(2)13-6-4-12(10-18)5-7-13/h3,8-9,12-13,18H,4-7,10H2,1-2H3. The van der Waals surface area contributed by atoms with Crippen LogP contribution in [0.15, 0.2) is 23.1 Å². The molecule has 1 N–H and O–H groups in total. The van der Waals surface area contributed by atoms with Crippen LogP contribution in [-0.4, -0.2) is 37.5 Å². The van der Waals surface area contributed by atoms with E-state index in [4.69, 9.17) is 5.11 Å². The lowest BCUT2D eigenvalue weighted by Gasteiger charge is -2.33. The Bertz CT molecular complexity index is 595. The zero-order valence-electron chi connectivity index (χ0n) is 12.4. The lowest BCUT2D eigenvalue weighted by Crippen LogP contribution is -2.39. The van der Waals surface area contributed by atoms with Crippen LogP contribution in [0.5, 0.6) is 0 Å². The van der Waals surface area contributed by atoms with Gasteiger partial charge in [0.25, 0.3) is 0 Å². The number of benzene rings is 1. The van der Waals surface area contributed by atoms with Gasteiger partial charge in [-0.2, -0.15) is 4.31 Å². The van der Waals surface area contributed by atoms with Crippen molar-refractivity contribution in [3.63, 3.8) is 0 Å². The minimum Gasteiger partial charge on any atom is -0.396 e. The van der Waals surface area contributed by atoms with Crippen molar-refractivity contribution in [1.82, 2.24) is 4.31 Å². The van der Waals surface area contributed by atoms with Gasteiger partial charge in [-0.1, -0.05) is 6.07 Å². The van der Waals surface area contributed by atoms with Crippen LogP contribution in [0.2, 0.25) is 0 Å². The molecule has 21 heavy (non-hydrogen) atoms. The fraction of sp³-hybridized carbons (Fsp3) is 0.600. The van der Waals surface area contributed by atoms with E-state index in [1.165, 1.54) is 16.4 Å². The summed E-state index contributed by atoms with van der Waals surface area (Å²) in [5.41, 5.74) is 0.431. The largest absolute Gasteiger partial charge is 0.396 e. The highest BCUT2D eigenvalue weighted by atomic mass is 32.2. The van der Waals surface area contributed by atoms with E-state index in [9.17, 15) is 12.8 Å². The number of aryl methyl sites for hydroxylation is 1. The van der Waals surface area contributed by atoms with Crippen molar-refractivity contribution in [2.45, 2.75) is 43.5 Å². The molecule has 1 aliphatic carbocycles. The van der Waals surface area contributed by atoms with Gasteiger partial charge >= 0.3 is 0 Å². The van der Waals surface area contributed by atoms with Crippen LogP contribution in [0.25, 0.3) is 0 Å². The maximum atomic E-state index is 13.6. The molecule has 0 aliphatic heterocycles. The zero-order valence-corrected chi connectivity index (χ0v) is 13.2. The lowest BCUT2D eigenvalue weighted by molar-refractivity contribution is 0.159. The molecule has 0 spiro atoms. The Morgan fingerprint density at radius 1 is 1.29 bits per heavy atom. The molecule has 118 valence electrons. The smallest absolute Gasteiger partial charge is 0.243 e. The second-order valence-corrected chi connectivity index (χ2v) is 7.79. The molecule has 1 fully saturated rings. The van der Waals surface area contributed by atoms with Gasteiger partial charge in [0.2, 0.25) is 10.0 Å². The average Bonchev–Trinajstić information content (AvgIpc) is 2.49. The van der Waals surface area contributed by atoms with Gasteiger partial charge in [0.05, 0.1) is 4.90 Å². The van der Waals surface area contributed by atoms with Gasteiger partial charge in [-0.3, -0.25) is 0 Å². The molecule has 1 aromatic rings. The van der Waals surface area contributed by atoms with Crippen molar-refractivity contribution in [2.75, 3.05) is 13.7 Å². The highest BCUT2D eigenvalue weighted by Gasteiger charge is 2.31. The zero-order chi connectivity index (χ0) is 15.6. The van der Waals surface area contributed by atoms with Crippen molar-refractivity contribution in [1.29, 1.82) is 0 Å².